The van der Waals surface area contributed by atoms with E-state index in [4.69, 9.17) is 5.26 Å². The molecule has 0 aromatic heterocycles. The van der Waals surface area contributed by atoms with Gasteiger partial charge in [-0.3, -0.25) is 9.69 Å². The zero-order chi connectivity index (χ0) is 9.84. The normalized spacial score (nSPS) is 22.5. The first-order valence-electron chi connectivity index (χ1n) is 4.56. The average Bonchev–Trinajstić information content (AvgIpc) is 2.45. The number of nitriles is 1. The summed E-state index contributed by atoms with van der Waals surface area (Å²) < 4.78 is 0. The molecule has 72 valence electrons. The lowest BCUT2D eigenvalue weighted by Gasteiger charge is -2.22. The zero-order valence-corrected chi connectivity index (χ0v) is 8.16. The number of likely N-dealkylation sites (tertiary alicyclic amines) is 1. The van der Waals surface area contributed by atoms with E-state index in [1.807, 2.05) is 18.9 Å². The van der Waals surface area contributed by atoms with Crippen LogP contribution in [-0.2, 0) is 4.79 Å². The van der Waals surface area contributed by atoms with Gasteiger partial charge in [0.25, 0.3) is 0 Å². The van der Waals surface area contributed by atoms with Crippen LogP contribution in [0.2, 0.25) is 0 Å². The van der Waals surface area contributed by atoms with Crippen molar-refractivity contribution >= 4 is 5.91 Å². The Balaban J connectivity index is 2.60. The van der Waals surface area contributed by atoms with Gasteiger partial charge in [0.2, 0.25) is 5.91 Å². The Morgan fingerprint density at radius 2 is 2.46 bits per heavy atom. The van der Waals surface area contributed by atoms with Crippen LogP contribution < -0.4 is 0 Å². The van der Waals surface area contributed by atoms with Crippen molar-refractivity contribution in [3.63, 3.8) is 0 Å². The molecule has 0 aromatic carbocycles. The van der Waals surface area contributed by atoms with Gasteiger partial charge in [0.05, 0.1) is 18.7 Å². The first-order chi connectivity index (χ1) is 6.20. The summed E-state index contributed by atoms with van der Waals surface area (Å²) in [4.78, 5) is 15.2. The number of carbonyl (C=O) groups is 1. The lowest BCUT2D eigenvalue weighted by molar-refractivity contribution is -0.130. The molecule has 1 fully saturated rings. The van der Waals surface area contributed by atoms with Gasteiger partial charge in [-0.2, -0.15) is 5.26 Å². The maximum absolute atomic E-state index is 11.6. The summed E-state index contributed by atoms with van der Waals surface area (Å²) >= 11 is 0. The fourth-order valence-electron chi connectivity index (χ4n) is 1.68. The monoisotopic (exact) mass is 181 g/mol. The van der Waals surface area contributed by atoms with Crippen LogP contribution in [0.25, 0.3) is 0 Å². The van der Waals surface area contributed by atoms with E-state index in [1.54, 1.807) is 4.90 Å². The topological polar surface area (TPSA) is 47.3 Å². The number of nitrogens with zero attached hydrogens (tertiary/aromatic N) is 3. The van der Waals surface area contributed by atoms with Gasteiger partial charge in [-0.05, 0) is 13.0 Å². The van der Waals surface area contributed by atoms with E-state index in [-0.39, 0.29) is 11.9 Å². The number of amides is 1. The highest BCUT2D eigenvalue weighted by molar-refractivity contribution is 5.83. The minimum Gasteiger partial charge on any atom is -0.344 e. The van der Waals surface area contributed by atoms with Crippen LogP contribution in [0.3, 0.4) is 0 Å². The van der Waals surface area contributed by atoms with Gasteiger partial charge in [0, 0.05) is 13.6 Å². The lowest BCUT2D eigenvalue weighted by atomic mass is 10.2. The third kappa shape index (κ3) is 1.99. The molecule has 0 aromatic rings. The Hall–Kier alpha value is -1.08. The van der Waals surface area contributed by atoms with Gasteiger partial charge in [-0.1, -0.05) is 6.92 Å². The predicted molar refractivity (Wildman–Crippen MR) is 48.9 cm³/mol. The van der Waals surface area contributed by atoms with Crippen molar-refractivity contribution in [2.75, 3.05) is 26.7 Å². The van der Waals surface area contributed by atoms with E-state index in [9.17, 15) is 4.79 Å². The molecule has 1 saturated heterocycles. The maximum atomic E-state index is 11.6. The molecule has 1 atom stereocenters. The molecule has 0 radical (unpaired) electrons. The number of likely N-dealkylation sites (N-methyl/N-ethyl adjacent to an activating group) is 2. The van der Waals surface area contributed by atoms with Crippen LogP contribution in [0.5, 0.6) is 0 Å². The molecule has 4 heteroatoms. The Labute approximate surface area is 78.7 Å². The summed E-state index contributed by atoms with van der Waals surface area (Å²) in [5.74, 6) is 0.150. The van der Waals surface area contributed by atoms with E-state index >= 15 is 0 Å². The Morgan fingerprint density at radius 3 is 2.85 bits per heavy atom. The van der Waals surface area contributed by atoms with Gasteiger partial charge in [0.15, 0.2) is 0 Å². The second kappa shape index (κ2) is 4.24. The van der Waals surface area contributed by atoms with Crippen molar-refractivity contribution in [2.24, 2.45) is 0 Å². The fourth-order valence-corrected chi connectivity index (χ4v) is 1.68. The second-order valence-electron chi connectivity index (χ2n) is 3.29. The van der Waals surface area contributed by atoms with E-state index in [2.05, 4.69) is 6.07 Å². The predicted octanol–water partition coefficient (Wildman–Crippen LogP) is 0.0626. The SMILES string of the molecule is CCN(CC#N)C1CCN(C)C1=O. The molecular weight excluding hydrogens is 166 g/mol. The largest absolute Gasteiger partial charge is 0.344 e. The van der Waals surface area contributed by atoms with Gasteiger partial charge in [-0.25, -0.2) is 0 Å². The van der Waals surface area contributed by atoms with Gasteiger partial charge in [0.1, 0.15) is 0 Å². The molecule has 1 heterocycles. The third-order valence-corrected chi connectivity index (χ3v) is 2.52. The minimum absolute atomic E-state index is 0.0605. The lowest BCUT2D eigenvalue weighted by Crippen LogP contribution is -2.41. The molecule has 0 aliphatic carbocycles. The molecule has 1 amide bonds. The molecule has 4 nitrogen and oxygen atoms in total. The van der Waals surface area contributed by atoms with Gasteiger partial charge < -0.3 is 4.90 Å². The molecule has 0 saturated carbocycles. The molecule has 13 heavy (non-hydrogen) atoms. The van der Waals surface area contributed by atoms with Crippen molar-refractivity contribution < 1.29 is 4.79 Å². The first-order valence-corrected chi connectivity index (χ1v) is 4.56. The van der Waals surface area contributed by atoms with Crippen LogP contribution in [0.1, 0.15) is 13.3 Å². The van der Waals surface area contributed by atoms with Crippen LogP contribution in [0, 0.1) is 11.3 Å². The summed E-state index contributed by atoms with van der Waals surface area (Å²) in [5, 5.41) is 8.56. The van der Waals surface area contributed by atoms with E-state index in [1.165, 1.54) is 0 Å². The first kappa shape index (κ1) is 10.0. The minimum atomic E-state index is -0.0605. The van der Waals surface area contributed by atoms with E-state index < -0.39 is 0 Å². The van der Waals surface area contributed by atoms with Gasteiger partial charge >= 0.3 is 0 Å². The van der Waals surface area contributed by atoms with Crippen molar-refractivity contribution in [3.05, 3.63) is 0 Å². The maximum Gasteiger partial charge on any atom is 0.239 e. The Bertz CT molecular complexity index is 234. The van der Waals surface area contributed by atoms with Crippen molar-refractivity contribution in [1.29, 1.82) is 5.26 Å². The van der Waals surface area contributed by atoms with Crippen molar-refractivity contribution in [2.45, 2.75) is 19.4 Å². The van der Waals surface area contributed by atoms with E-state index in [0.717, 1.165) is 19.5 Å². The van der Waals surface area contributed by atoms with Crippen molar-refractivity contribution in [1.82, 2.24) is 9.80 Å². The number of rotatable bonds is 3. The van der Waals surface area contributed by atoms with Crippen molar-refractivity contribution in [3.8, 4) is 6.07 Å². The highest BCUT2D eigenvalue weighted by atomic mass is 16.2. The summed E-state index contributed by atoms with van der Waals surface area (Å²) in [5.41, 5.74) is 0. The molecule has 1 aliphatic rings. The van der Waals surface area contributed by atoms with Gasteiger partial charge in [-0.15, -0.1) is 0 Å². The third-order valence-electron chi connectivity index (χ3n) is 2.52. The molecule has 0 spiro atoms. The second-order valence-corrected chi connectivity index (χ2v) is 3.29. The standard InChI is InChI=1S/C9H15N3O/c1-3-12(7-5-10)8-4-6-11(2)9(8)13/h8H,3-4,6-7H2,1-2H3. The molecule has 1 aliphatic heterocycles. The van der Waals surface area contributed by atoms with Crippen LogP contribution in [0.15, 0.2) is 0 Å². The zero-order valence-electron chi connectivity index (χ0n) is 8.16. The summed E-state index contributed by atoms with van der Waals surface area (Å²) in [6.45, 7) is 3.90. The van der Waals surface area contributed by atoms with Crippen LogP contribution in [-0.4, -0.2) is 48.4 Å². The average molecular weight is 181 g/mol. The molecular formula is C9H15N3O. The fraction of sp³-hybridized carbons (Fsp3) is 0.778. The Kier molecular flexibility index (Phi) is 3.26. The number of hydrogen-bond acceptors (Lipinski definition) is 3. The highest BCUT2D eigenvalue weighted by Gasteiger charge is 2.32. The summed E-state index contributed by atoms with van der Waals surface area (Å²) in [7, 11) is 1.81. The van der Waals surface area contributed by atoms with E-state index in [0.29, 0.717) is 6.54 Å². The summed E-state index contributed by atoms with van der Waals surface area (Å²) in [6, 6.07) is 2.03. The molecule has 1 unspecified atom stereocenters. The smallest absolute Gasteiger partial charge is 0.239 e. The summed E-state index contributed by atoms with van der Waals surface area (Å²) in [6.07, 6.45) is 0.852. The molecule has 0 N–H and O–H groups in total. The highest BCUT2D eigenvalue weighted by Crippen LogP contribution is 2.14. The quantitative estimate of drug-likeness (QED) is 0.578. The number of carbonyl (C=O) groups excluding carboxylic acids is 1. The van der Waals surface area contributed by atoms with Crippen LogP contribution >= 0.6 is 0 Å². The number of hydrogen-bond donors (Lipinski definition) is 0. The molecule has 1 rings (SSSR count). The Morgan fingerprint density at radius 1 is 1.77 bits per heavy atom. The molecule has 0 bridgehead atoms. The van der Waals surface area contributed by atoms with Crippen LogP contribution in [0.4, 0.5) is 0 Å².